The molecule has 0 saturated carbocycles. The summed E-state index contributed by atoms with van der Waals surface area (Å²) < 4.78 is 12.6. The molecule has 0 atom stereocenters. The Morgan fingerprint density at radius 2 is 2.00 bits per heavy atom. The van der Waals surface area contributed by atoms with Crippen LogP contribution in [0.4, 0.5) is 16.2 Å². The van der Waals surface area contributed by atoms with Crippen molar-refractivity contribution in [1.82, 2.24) is 20.2 Å². The van der Waals surface area contributed by atoms with Gasteiger partial charge in [-0.25, -0.2) is 4.79 Å². The highest BCUT2D eigenvalue weighted by molar-refractivity contribution is 6.09. The Hall–Kier alpha value is -3.92. The van der Waals surface area contributed by atoms with Crippen molar-refractivity contribution in [2.24, 2.45) is 0 Å². The van der Waals surface area contributed by atoms with Crippen LogP contribution < -0.4 is 21.8 Å². The smallest absolute Gasteiger partial charge is 0.317 e. The van der Waals surface area contributed by atoms with Crippen LogP contribution in [0.2, 0.25) is 0 Å². The van der Waals surface area contributed by atoms with E-state index in [1.54, 1.807) is 7.11 Å². The zero-order valence-electron chi connectivity index (χ0n) is 18.7. The number of anilines is 2. The van der Waals surface area contributed by atoms with E-state index in [0.717, 1.165) is 11.3 Å². The Balaban J connectivity index is 1.86. The summed E-state index contributed by atoms with van der Waals surface area (Å²) >= 11 is 0. The summed E-state index contributed by atoms with van der Waals surface area (Å²) in [6.07, 6.45) is 3.68. The Morgan fingerprint density at radius 1 is 1.21 bits per heavy atom. The summed E-state index contributed by atoms with van der Waals surface area (Å²) in [6.45, 7) is 1.45. The molecule has 0 aliphatic carbocycles. The average molecular weight is 453 g/mol. The summed E-state index contributed by atoms with van der Waals surface area (Å²) in [4.78, 5) is 26.9. The van der Waals surface area contributed by atoms with Crippen molar-refractivity contribution in [2.45, 2.75) is 6.54 Å². The molecular weight excluding hydrogens is 424 g/mol. The van der Waals surface area contributed by atoms with Gasteiger partial charge in [0.15, 0.2) is 5.78 Å². The summed E-state index contributed by atoms with van der Waals surface area (Å²) in [5, 5.41) is 9.11. The SMILES string of the molecule is CNC(=O)N1CC(=O)c2c(Nc3ccccc3)c(C3=C(OCCOC)CNC=C3)n(N)c2C1. The molecule has 0 fully saturated rings. The average Bonchev–Trinajstić information content (AvgIpc) is 3.11. The number of Topliss-reactive ketones (excluding diaryl/α,β-unsaturated/α-hetero) is 1. The number of rotatable bonds is 7. The zero-order chi connectivity index (χ0) is 23.4. The van der Waals surface area contributed by atoms with Crippen LogP contribution in [0.15, 0.2) is 48.4 Å². The van der Waals surface area contributed by atoms with Crippen LogP contribution >= 0.6 is 0 Å². The molecule has 0 saturated heterocycles. The van der Waals surface area contributed by atoms with E-state index in [0.29, 0.717) is 48.2 Å². The number of urea groups is 1. The predicted molar refractivity (Wildman–Crippen MR) is 125 cm³/mol. The number of aromatic nitrogens is 1. The van der Waals surface area contributed by atoms with Crippen molar-refractivity contribution in [3.63, 3.8) is 0 Å². The molecule has 2 aliphatic rings. The van der Waals surface area contributed by atoms with E-state index >= 15 is 0 Å². The van der Waals surface area contributed by atoms with Crippen molar-refractivity contribution >= 4 is 28.8 Å². The number of ketones is 1. The second-order valence-electron chi connectivity index (χ2n) is 7.63. The van der Waals surface area contributed by atoms with Gasteiger partial charge in [0.2, 0.25) is 0 Å². The van der Waals surface area contributed by atoms with Crippen molar-refractivity contribution in [3.8, 4) is 0 Å². The Bertz CT molecular complexity index is 1110. The number of hydrogen-bond acceptors (Lipinski definition) is 7. The quantitative estimate of drug-likeness (QED) is 0.373. The van der Waals surface area contributed by atoms with Gasteiger partial charge in [-0.1, -0.05) is 18.2 Å². The number of nitrogen functional groups attached to an aromatic ring is 1. The summed E-state index contributed by atoms with van der Waals surface area (Å²) in [5.41, 5.74) is 3.80. The van der Waals surface area contributed by atoms with Crippen molar-refractivity contribution in [3.05, 3.63) is 65.3 Å². The number of hydrogen-bond donors (Lipinski definition) is 4. The number of dihydropyridines is 1. The maximum Gasteiger partial charge on any atom is 0.317 e. The first kappa shape index (κ1) is 22.3. The summed E-state index contributed by atoms with van der Waals surface area (Å²) in [7, 11) is 3.15. The molecule has 3 heterocycles. The number of amides is 2. The number of benzene rings is 1. The number of allylic oxidation sites excluding steroid dienone is 2. The first-order valence-corrected chi connectivity index (χ1v) is 10.6. The number of methoxy groups -OCH3 is 1. The van der Waals surface area contributed by atoms with Gasteiger partial charge in [-0.15, -0.1) is 0 Å². The Kier molecular flexibility index (Phi) is 6.55. The molecule has 0 bridgehead atoms. The van der Waals surface area contributed by atoms with Gasteiger partial charge >= 0.3 is 6.03 Å². The summed E-state index contributed by atoms with van der Waals surface area (Å²) in [5.74, 6) is 7.08. The fraction of sp³-hybridized carbons (Fsp3) is 0.304. The fourth-order valence-electron chi connectivity index (χ4n) is 4.01. The van der Waals surface area contributed by atoms with Crippen molar-refractivity contribution < 1.29 is 19.1 Å². The monoisotopic (exact) mass is 452 g/mol. The molecule has 2 aliphatic heterocycles. The van der Waals surface area contributed by atoms with E-state index in [-0.39, 0.29) is 24.9 Å². The third-order valence-electron chi connectivity index (χ3n) is 5.55. The molecule has 2 aromatic rings. The van der Waals surface area contributed by atoms with Crippen LogP contribution in [0.25, 0.3) is 5.57 Å². The van der Waals surface area contributed by atoms with Gasteiger partial charge in [-0.2, -0.15) is 0 Å². The van der Waals surface area contributed by atoms with Crippen LogP contribution in [-0.4, -0.2) is 61.9 Å². The second-order valence-corrected chi connectivity index (χ2v) is 7.63. The molecule has 1 aromatic carbocycles. The van der Waals surface area contributed by atoms with Crippen LogP contribution in [0.3, 0.4) is 0 Å². The maximum atomic E-state index is 13.2. The molecule has 10 nitrogen and oxygen atoms in total. The number of nitrogens with two attached hydrogens (primary N) is 1. The van der Waals surface area contributed by atoms with Gasteiger partial charge in [0, 0.05) is 25.4 Å². The Morgan fingerprint density at radius 3 is 2.73 bits per heavy atom. The molecule has 10 heteroatoms. The molecule has 1 aromatic heterocycles. The molecule has 0 radical (unpaired) electrons. The van der Waals surface area contributed by atoms with Crippen molar-refractivity contribution in [1.29, 1.82) is 0 Å². The summed E-state index contributed by atoms with van der Waals surface area (Å²) in [6, 6.07) is 9.23. The lowest BCUT2D eigenvalue weighted by atomic mass is 10.0. The maximum absolute atomic E-state index is 13.2. The van der Waals surface area contributed by atoms with E-state index in [2.05, 4.69) is 16.0 Å². The van der Waals surface area contributed by atoms with E-state index in [9.17, 15) is 9.59 Å². The normalized spacial score (nSPS) is 15.2. The molecule has 2 amide bonds. The first-order valence-electron chi connectivity index (χ1n) is 10.6. The van der Waals surface area contributed by atoms with Gasteiger partial charge in [-0.3, -0.25) is 9.47 Å². The minimum absolute atomic E-state index is 0.0345. The molecule has 174 valence electrons. The van der Waals surface area contributed by atoms with Crippen LogP contribution in [0.5, 0.6) is 0 Å². The van der Waals surface area contributed by atoms with Gasteiger partial charge in [0.05, 0.1) is 48.9 Å². The third kappa shape index (κ3) is 4.37. The lowest BCUT2D eigenvalue weighted by Crippen LogP contribution is -2.44. The van der Waals surface area contributed by atoms with Gasteiger partial charge < -0.3 is 36.2 Å². The number of para-hydroxylation sites is 1. The highest BCUT2D eigenvalue weighted by atomic mass is 16.5. The number of nitrogens with zero attached hydrogens (tertiary/aromatic N) is 2. The van der Waals surface area contributed by atoms with Crippen LogP contribution in [-0.2, 0) is 16.0 Å². The van der Waals surface area contributed by atoms with E-state index < -0.39 is 0 Å². The molecule has 4 rings (SSSR count). The highest BCUT2D eigenvalue weighted by Gasteiger charge is 2.36. The van der Waals surface area contributed by atoms with E-state index in [1.807, 2.05) is 42.6 Å². The second kappa shape index (κ2) is 9.70. The van der Waals surface area contributed by atoms with Gasteiger partial charge in [0.25, 0.3) is 0 Å². The predicted octanol–water partition coefficient (Wildman–Crippen LogP) is 1.77. The zero-order valence-corrected chi connectivity index (χ0v) is 18.7. The topological polar surface area (TPSA) is 123 Å². The molecule has 0 spiro atoms. The number of ether oxygens (including phenoxy) is 2. The standard InChI is InChI=1S/C23H28N6O4/c1-25-23(31)28-13-17-20(18(30)14-28)21(27-15-6-4-3-5-7-15)22(29(17)24)16-8-9-26-12-19(16)33-11-10-32-2/h3-9,26-27H,10-14,24H2,1-2H3,(H,25,31). The first-order chi connectivity index (χ1) is 16.0. The molecule has 5 N–H and O–H groups in total. The van der Waals surface area contributed by atoms with Gasteiger partial charge in [0.1, 0.15) is 12.4 Å². The minimum atomic E-state index is -0.334. The lowest BCUT2D eigenvalue weighted by Gasteiger charge is -2.26. The number of carbonyl (C=O) groups is 2. The molecule has 33 heavy (non-hydrogen) atoms. The van der Waals surface area contributed by atoms with Gasteiger partial charge in [-0.05, 0) is 24.4 Å². The number of fused-ring (bicyclic) bond motifs is 1. The number of carbonyl (C=O) groups excluding carboxylic acids is 2. The Labute approximate surface area is 192 Å². The van der Waals surface area contributed by atoms with E-state index in [1.165, 1.54) is 16.6 Å². The fourth-order valence-corrected chi connectivity index (χ4v) is 4.01. The minimum Gasteiger partial charge on any atom is -0.493 e. The molecule has 0 unspecified atom stereocenters. The molecular formula is C23H28N6O4. The van der Waals surface area contributed by atoms with Crippen LogP contribution in [0, 0.1) is 0 Å². The van der Waals surface area contributed by atoms with Crippen LogP contribution in [0.1, 0.15) is 21.7 Å². The highest BCUT2D eigenvalue weighted by Crippen LogP contribution is 2.39. The largest absolute Gasteiger partial charge is 0.493 e. The lowest BCUT2D eigenvalue weighted by molar-refractivity contribution is 0.0918. The third-order valence-corrected chi connectivity index (χ3v) is 5.55. The number of nitrogens with one attached hydrogen (secondary N) is 3. The van der Waals surface area contributed by atoms with E-state index in [4.69, 9.17) is 15.3 Å². The van der Waals surface area contributed by atoms with Crippen molar-refractivity contribution in [2.75, 3.05) is 51.6 Å².